The maximum atomic E-state index is 13.8. The maximum absolute atomic E-state index is 13.8. The Kier molecular flexibility index (Phi) is 2.92. The smallest absolute Gasteiger partial charge is 0.149 e. The van der Waals surface area contributed by atoms with E-state index in [1.54, 1.807) is 36.5 Å². The van der Waals surface area contributed by atoms with E-state index in [-0.39, 0.29) is 11.6 Å². The van der Waals surface area contributed by atoms with Crippen LogP contribution in [0.5, 0.6) is 5.75 Å². The molecule has 0 bridgehead atoms. The summed E-state index contributed by atoms with van der Waals surface area (Å²) in [6.07, 6.45) is 1.61. The summed E-state index contributed by atoms with van der Waals surface area (Å²) in [4.78, 5) is 4.17. The van der Waals surface area contributed by atoms with Crippen LogP contribution in [0.1, 0.15) is 0 Å². The van der Waals surface area contributed by atoms with Gasteiger partial charge >= 0.3 is 0 Å². The molecule has 0 saturated carbocycles. The van der Waals surface area contributed by atoms with Crippen molar-refractivity contribution in [2.24, 2.45) is 0 Å². The van der Waals surface area contributed by atoms with Crippen molar-refractivity contribution in [1.82, 2.24) is 4.98 Å². The van der Waals surface area contributed by atoms with Gasteiger partial charge in [-0.15, -0.1) is 9.24 Å². The van der Waals surface area contributed by atoms with Crippen LogP contribution in [0, 0.1) is 5.82 Å². The molecule has 19 heavy (non-hydrogen) atoms. The van der Waals surface area contributed by atoms with E-state index in [9.17, 15) is 9.50 Å². The van der Waals surface area contributed by atoms with Crippen LogP contribution in [0.25, 0.3) is 22.0 Å². The van der Waals surface area contributed by atoms with E-state index in [1.807, 2.05) is 6.07 Å². The lowest BCUT2D eigenvalue weighted by atomic mass is 10.0. The second-order valence-corrected chi connectivity index (χ2v) is 4.86. The number of hydrogen-bond acceptors (Lipinski definition) is 2. The summed E-state index contributed by atoms with van der Waals surface area (Å²) in [6, 6.07) is 11.8. The van der Waals surface area contributed by atoms with Gasteiger partial charge in [-0.25, -0.2) is 4.39 Å². The molecule has 0 saturated heterocycles. The molecule has 0 amide bonds. The Labute approximate surface area is 112 Å². The number of nitrogens with zero attached hydrogens (tertiary/aromatic N) is 1. The zero-order valence-corrected chi connectivity index (χ0v) is 11.1. The molecule has 2 aromatic carbocycles. The molecule has 0 aliphatic carbocycles. The van der Waals surface area contributed by atoms with Crippen LogP contribution in [0.4, 0.5) is 4.39 Å². The summed E-state index contributed by atoms with van der Waals surface area (Å²) in [7, 11) is 2.59. The minimum Gasteiger partial charge on any atom is -0.505 e. The van der Waals surface area contributed by atoms with E-state index < -0.39 is 0 Å². The molecular weight excluding hydrogens is 260 g/mol. The molecule has 3 aromatic rings. The molecule has 0 fully saturated rings. The number of benzene rings is 2. The number of fused-ring (bicyclic) bond motifs is 1. The van der Waals surface area contributed by atoms with E-state index in [0.29, 0.717) is 16.6 Å². The zero-order chi connectivity index (χ0) is 13.4. The van der Waals surface area contributed by atoms with Gasteiger partial charge in [-0.05, 0) is 23.5 Å². The van der Waals surface area contributed by atoms with Crippen molar-refractivity contribution in [3.8, 4) is 16.9 Å². The van der Waals surface area contributed by atoms with Gasteiger partial charge in [0.15, 0.2) is 0 Å². The topological polar surface area (TPSA) is 33.1 Å². The van der Waals surface area contributed by atoms with Gasteiger partial charge in [0, 0.05) is 22.7 Å². The van der Waals surface area contributed by atoms with Gasteiger partial charge < -0.3 is 5.11 Å². The van der Waals surface area contributed by atoms with Crippen LogP contribution in [0.15, 0.2) is 48.7 Å². The average molecular weight is 271 g/mol. The van der Waals surface area contributed by atoms with Gasteiger partial charge in [0.05, 0.1) is 0 Å². The molecule has 0 aliphatic rings. The third-order valence-corrected chi connectivity index (χ3v) is 3.54. The fraction of sp³-hybridized carbons (Fsp3) is 0. The van der Waals surface area contributed by atoms with Gasteiger partial charge in [-0.2, -0.15) is 0 Å². The second-order valence-electron chi connectivity index (χ2n) is 4.24. The van der Waals surface area contributed by atoms with Crippen LogP contribution >= 0.6 is 9.24 Å². The Balaban J connectivity index is 2.38. The fourth-order valence-electron chi connectivity index (χ4n) is 2.14. The molecule has 1 atom stereocenters. The lowest BCUT2D eigenvalue weighted by Gasteiger charge is -2.10. The predicted octanol–water partition coefficient (Wildman–Crippen LogP) is 3.25. The van der Waals surface area contributed by atoms with Gasteiger partial charge in [-0.3, -0.25) is 4.98 Å². The lowest BCUT2D eigenvalue weighted by molar-refractivity contribution is 0.482. The first-order valence-electron chi connectivity index (χ1n) is 5.79. The van der Waals surface area contributed by atoms with E-state index in [2.05, 4.69) is 14.2 Å². The van der Waals surface area contributed by atoms with E-state index in [0.717, 1.165) is 10.7 Å². The standard InChI is InChI=1S/C15H11FNOP/c16-12-6-2-1-4-9(12)11-8-13(19)10-5-3-7-17-14(10)15(11)18/h1-8,18H,19H2. The third-order valence-electron chi connectivity index (χ3n) is 3.06. The van der Waals surface area contributed by atoms with Gasteiger partial charge in [0.2, 0.25) is 0 Å². The Morgan fingerprint density at radius 3 is 2.63 bits per heavy atom. The molecule has 3 rings (SSSR count). The fourth-order valence-corrected chi connectivity index (χ4v) is 2.54. The number of halogens is 1. The van der Waals surface area contributed by atoms with Crippen molar-refractivity contribution in [3.05, 3.63) is 54.5 Å². The molecule has 0 aliphatic heterocycles. The summed E-state index contributed by atoms with van der Waals surface area (Å²) >= 11 is 0. The minimum absolute atomic E-state index is 0.00639. The zero-order valence-electron chi connectivity index (χ0n) is 9.97. The number of rotatable bonds is 1. The van der Waals surface area contributed by atoms with E-state index >= 15 is 0 Å². The Morgan fingerprint density at radius 1 is 1.05 bits per heavy atom. The summed E-state index contributed by atoms with van der Waals surface area (Å²) in [5, 5.41) is 12.0. The van der Waals surface area contributed by atoms with Crippen molar-refractivity contribution >= 4 is 25.4 Å². The number of aromatic hydroxyl groups is 1. The van der Waals surface area contributed by atoms with Crippen molar-refractivity contribution < 1.29 is 9.50 Å². The summed E-state index contributed by atoms with van der Waals surface area (Å²) in [5.74, 6) is -0.357. The highest BCUT2D eigenvalue weighted by molar-refractivity contribution is 7.28. The SMILES string of the molecule is Oc1c(-c2ccccc2F)cc(P)c2cccnc12. The quantitative estimate of drug-likeness (QED) is 0.689. The largest absolute Gasteiger partial charge is 0.505 e. The normalized spacial score (nSPS) is 10.8. The highest BCUT2D eigenvalue weighted by Gasteiger charge is 2.14. The highest BCUT2D eigenvalue weighted by atomic mass is 31.0. The minimum atomic E-state index is -0.363. The number of phenolic OH excluding ortho intramolecular Hbond substituents is 1. The molecule has 4 heteroatoms. The van der Waals surface area contributed by atoms with E-state index in [1.165, 1.54) is 6.07 Å². The Hall–Kier alpha value is -1.99. The first kappa shape index (κ1) is 12.1. The summed E-state index contributed by atoms with van der Waals surface area (Å²) < 4.78 is 13.8. The summed E-state index contributed by atoms with van der Waals surface area (Å²) in [6.45, 7) is 0. The predicted molar refractivity (Wildman–Crippen MR) is 78.1 cm³/mol. The van der Waals surface area contributed by atoms with Crippen molar-refractivity contribution in [1.29, 1.82) is 0 Å². The number of phenols is 1. The van der Waals surface area contributed by atoms with Crippen molar-refractivity contribution in [3.63, 3.8) is 0 Å². The van der Waals surface area contributed by atoms with Crippen LogP contribution in [0.3, 0.4) is 0 Å². The number of aromatic nitrogens is 1. The monoisotopic (exact) mass is 271 g/mol. The summed E-state index contributed by atoms with van der Waals surface area (Å²) in [5.41, 5.74) is 1.30. The van der Waals surface area contributed by atoms with Crippen LogP contribution < -0.4 is 5.30 Å². The second kappa shape index (κ2) is 4.60. The van der Waals surface area contributed by atoms with E-state index in [4.69, 9.17) is 0 Å². The first-order chi connectivity index (χ1) is 9.18. The maximum Gasteiger partial charge on any atom is 0.149 e. The number of pyridine rings is 1. The molecule has 1 heterocycles. The molecule has 1 unspecified atom stereocenters. The number of hydrogen-bond donors (Lipinski definition) is 1. The highest BCUT2D eigenvalue weighted by Crippen LogP contribution is 2.35. The van der Waals surface area contributed by atoms with Crippen LogP contribution in [-0.2, 0) is 0 Å². The first-order valence-corrected chi connectivity index (χ1v) is 6.37. The Morgan fingerprint density at radius 2 is 1.84 bits per heavy atom. The van der Waals surface area contributed by atoms with Gasteiger partial charge in [0.25, 0.3) is 0 Å². The van der Waals surface area contributed by atoms with Crippen molar-refractivity contribution in [2.45, 2.75) is 0 Å². The molecule has 0 spiro atoms. The third kappa shape index (κ3) is 1.96. The average Bonchev–Trinajstić information content (AvgIpc) is 2.44. The molecular formula is C15H11FNOP. The van der Waals surface area contributed by atoms with Gasteiger partial charge in [-0.1, -0.05) is 24.3 Å². The lowest BCUT2D eigenvalue weighted by Crippen LogP contribution is -1.98. The molecule has 94 valence electrons. The van der Waals surface area contributed by atoms with Crippen LogP contribution in [0.2, 0.25) is 0 Å². The Bertz CT molecular complexity index is 773. The molecule has 1 N–H and O–H groups in total. The van der Waals surface area contributed by atoms with Crippen molar-refractivity contribution in [2.75, 3.05) is 0 Å². The molecule has 1 aromatic heterocycles. The molecule has 0 radical (unpaired) electrons. The molecule has 2 nitrogen and oxygen atoms in total. The van der Waals surface area contributed by atoms with Crippen LogP contribution in [-0.4, -0.2) is 10.1 Å². The van der Waals surface area contributed by atoms with Gasteiger partial charge in [0.1, 0.15) is 17.1 Å².